The Hall–Kier alpha value is -1.07. The maximum Gasteiger partial charge on any atom is 0.205 e. The van der Waals surface area contributed by atoms with Crippen molar-refractivity contribution in [2.45, 2.75) is 32.9 Å². The summed E-state index contributed by atoms with van der Waals surface area (Å²) < 4.78 is 7.33. The van der Waals surface area contributed by atoms with E-state index in [0.29, 0.717) is 18.6 Å². The van der Waals surface area contributed by atoms with Gasteiger partial charge in [-0.25, -0.2) is 4.98 Å². The molecule has 2 rings (SSSR count). The van der Waals surface area contributed by atoms with Gasteiger partial charge in [0, 0.05) is 39.0 Å². The number of anilines is 1. The molecule has 1 aliphatic rings. The smallest absolute Gasteiger partial charge is 0.205 e. The second-order valence-corrected chi connectivity index (χ2v) is 5.24. The molecule has 18 heavy (non-hydrogen) atoms. The molecule has 2 unspecified atom stereocenters. The third kappa shape index (κ3) is 2.84. The zero-order valence-electron chi connectivity index (χ0n) is 11.6. The summed E-state index contributed by atoms with van der Waals surface area (Å²) in [4.78, 5) is 6.98. The van der Waals surface area contributed by atoms with Crippen LogP contribution in [0.4, 0.5) is 5.95 Å². The maximum absolute atomic E-state index is 6.07. The van der Waals surface area contributed by atoms with E-state index < -0.39 is 0 Å². The van der Waals surface area contributed by atoms with Crippen LogP contribution in [-0.2, 0) is 11.3 Å². The summed E-state index contributed by atoms with van der Waals surface area (Å²) in [6.45, 7) is 7.80. The highest BCUT2D eigenvalue weighted by molar-refractivity contribution is 5.34. The topological polar surface area (TPSA) is 56.3 Å². The van der Waals surface area contributed by atoms with E-state index in [0.717, 1.165) is 37.7 Å². The summed E-state index contributed by atoms with van der Waals surface area (Å²) >= 11 is 0. The average Bonchev–Trinajstić information content (AvgIpc) is 2.71. The van der Waals surface area contributed by atoms with Crippen LogP contribution in [0.5, 0.6) is 0 Å². The predicted octanol–water partition coefficient (Wildman–Crippen LogP) is 1.01. The first-order chi connectivity index (χ1) is 8.61. The zero-order valence-corrected chi connectivity index (χ0v) is 11.6. The Morgan fingerprint density at radius 1 is 1.56 bits per heavy atom. The molecule has 0 amide bonds. The number of nitrogens with zero attached hydrogens (tertiary/aromatic N) is 3. The predicted molar refractivity (Wildman–Crippen MR) is 72.8 cm³/mol. The van der Waals surface area contributed by atoms with Gasteiger partial charge in [0.25, 0.3) is 0 Å². The normalized spacial score (nSPS) is 24.6. The highest BCUT2D eigenvalue weighted by Gasteiger charge is 2.25. The SMILES string of the molecule is COCCn1cc(C)nc1N1CCC(N)C(C)C1. The van der Waals surface area contributed by atoms with E-state index in [1.54, 1.807) is 7.11 Å². The van der Waals surface area contributed by atoms with E-state index >= 15 is 0 Å². The average molecular weight is 252 g/mol. The summed E-state index contributed by atoms with van der Waals surface area (Å²) in [5, 5.41) is 0. The molecule has 0 saturated carbocycles. The number of ether oxygens (including phenoxy) is 1. The van der Waals surface area contributed by atoms with Crippen molar-refractivity contribution in [3.63, 3.8) is 0 Å². The van der Waals surface area contributed by atoms with E-state index in [1.807, 2.05) is 6.92 Å². The van der Waals surface area contributed by atoms with Crippen LogP contribution in [0.25, 0.3) is 0 Å². The summed E-state index contributed by atoms with van der Waals surface area (Å²) in [5.74, 6) is 1.58. The molecule has 0 radical (unpaired) electrons. The number of nitrogens with two attached hydrogens (primary N) is 1. The van der Waals surface area contributed by atoms with Gasteiger partial charge in [-0.2, -0.15) is 0 Å². The molecule has 102 valence electrons. The van der Waals surface area contributed by atoms with E-state index in [1.165, 1.54) is 0 Å². The van der Waals surface area contributed by atoms with E-state index in [-0.39, 0.29) is 0 Å². The fourth-order valence-electron chi connectivity index (χ4n) is 2.49. The second-order valence-electron chi connectivity index (χ2n) is 5.24. The van der Waals surface area contributed by atoms with Gasteiger partial charge in [-0.15, -0.1) is 0 Å². The highest BCUT2D eigenvalue weighted by atomic mass is 16.5. The van der Waals surface area contributed by atoms with Crippen LogP contribution in [0.2, 0.25) is 0 Å². The minimum absolute atomic E-state index is 0.324. The molecule has 1 aromatic rings. The maximum atomic E-state index is 6.07. The summed E-state index contributed by atoms with van der Waals surface area (Å²) in [6.07, 6.45) is 3.13. The Bertz CT molecular complexity index is 390. The third-order valence-electron chi connectivity index (χ3n) is 3.67. The van der Waals surface area contributed by atoms with Gasteiger partial charge in [-0.3, -0.25) is 0 Å². The lowest BCUT2D eigenvalue weighted by Crippen LogP contribution is -2.46. The first-order valence-electron chi connectivity index (χ1n) is 6.65. The summed E-state index contributed by atoms with van der Waals surface area (Å²) in [7, 11) is 1.73. The number of imidazole rings is 1. The first-order valence-corrected chi connectivity index (χ1v) is 6.65. The number of rotatable bonds is 4. The van der Waals surface area contributed by atoms with Crippen molar-refractivity contribution in [2.75, 3.05) is 31.7 Å². The van der Waals surface area contributed by atoms with Crippen molar-refractivity contribution in [2.24, 2.45) is 11.7 Å². The molecule has 0 aliphatic carbocycles. The van der Waals surface area contributed by atoms with Crippen LogP contribution in [0.1, 0.15) is 19.0 Å². The Morgan fingerprint density at radius 3 is 3.00 bits per heavy atom. The van der Waals surface area contributed by atoms with E-state index in [4.69, 9.17) is 10.5 Å². The molecule has 0 spiro atoms. The number of hydrogen-bond acceptors (Lipinski definition) is 4. The number of methoxy groups -OCH3 is 1. The summed E-state index contributed by atoms with van der Waals surface area (Å²) in [6, 6.07) is 0.324. The zero-order chi connectivity index (χ0) is 13.1. The Kier molecular flexibility index (Phi) is 4.24. The molecule has 5 nitrogen and oxygen atoms in total. The number of piperidine rings is 1. The van der Waals surface area contributed by atoms with Crippen LogP contribution >= 0.6 is 0 Å². The molecular formula is C13H24N4O. The van der Waals surface area contributed by atoms with Crippen molar-refractivity contribution in [1.82, 2.24) is 9.55 Å². The second kappa shape index (κ2) is 5.71. The van der Waals surface area contributed by atoms with E-state index in [9.17, 15) is 0 Å². The molecule has 0 bridgehead atoms. The molecule has 1 saturated heterocycles. The van der Waals surface area contributed by atoms with Gasteiger partial charge in [0.05, 0.1) is 12.3 Å². The molecule has 5 heteroatoms. The van der Waals surface area contributed by atoms with Gasteiger partial charge >= 0.3 is 0 Å². The fraction of sp³-hybridized carbons (Fsp3) is 0.769. The lowest BCUT2D eigenvalue weighted by molar-refractivity contribution is 0.187. The van der Waals surface area contributed by atoms with Crippen molar-refractivity contribution < 1.29 is 4.74 Å². The third-order valence-corrected chi connectivity index (χ3v) is 3.67. The fourth-order valence-corrected chi connectivity index (χ4v) is 2.49. The van der Waals surface area contributed by atoms with Crippen molar-refractivity contribution >= 4 is 5.95 Å². The summed E-state index contributed by atoms with van der Waals surface area (Å²) in [5.41, 5.74) is 7.13. The standard InChI is InChI=1S/C13H24N4O/c1-10-8-16(5-4-12(10)14)13-15-11(2)9-17(13)6-7-18-3/h9-10,12H,4-8,14H2,1-3H3. The van der Waals surface area contributed by atoms with Gasteiger partial charge in [-0.1, -0.05) is 6.92 Å². The van der Waals surface area contributed by atoms with Crippen LogP contribution in [-0.4, -0.2) is 42.4 Å². The van der Waals surface area contributed by atoms with Crippen LogP contribution in [0, 0.1) is 12.8 Å². The Labute approximate surface area is 109 Å². The van der Waals surface area contributed by atoms with Crippen LogP contribution in [0.15, 0.2) is 6.20 Å². The quantitative estimate of drug-likeness (QED) is 0.869. The minimum Gasteiger partial charge on any atom is -0.383 e. The van der Waals surface area contributed by atoms with Crippen molar-refractivity contribution in [1.29, 1.82) is 0 Å². The molecule has 0 aromatic carbocycles. The number of aromatic nitrogens is 2. The molecule has 2 N–H and O–H groups in total. The molecule has 2 heterocycles. The van der Waals surface area contributed by atoms with Crippen LogP contribution < -0.4 is 10.6 Å². The number of aryl methyl sites for hydroxylation is 1. The monoisotopic (exact) mass is 252 g/mol. The van der Waals surface area contributed by atoms with Gasteiger partial charge < -0.3 is 19.9 Å². The highest BCUT2D eigenvalue weighted by Crippen LogP contribution is 2.22. The number of hydrogen-bond donors (Lipinski definition) is 1. The minimum atomic E-state index is 0.324. The lowest BCUT2D eigenvalue weighted by atomic mass is 9.95. The molecule has 2 atom stereocenters. The van der Waals surface area contributed by atoms with Crippen molar-refractivity contribution in [3.8, 4) is 0 Å². The molecular weight excluding hydrogens is 228 g/mol. The van der Waals surface area contributed by atoms with Crippen molar-refractivity contribution in [3.05, 3.63) is 11.9 Å². The first kappa shape index (κ1) is 13.4. The molecule has 1 aliphatic heterocycles. The Morgan fingerprint density at radius 2 is 2.33 bits per heavy atom. The van der Waals surface area contributed by atoms with Crippen LogP contribution in [0.3, 0.4) is 0 Å². The van der Waals surface area contributed by atoms with Gasteiger partial charge in [-0.05, 0) is 19.3 Å². The van der Waals surface area contributed by atoms with Gasteiger partial charge in [0.15, 0.2) is 0 Å². The molecule has 1 aromatic heterocycles. The Balaban J connectivity index is 2.12. The van der Waals surface area contributed by atoms with Gasteiger partial charge in [0.2, 0.25) is 5.95 Å². The molecule has 1 fully saturated rings. The van der Waals surface area contributed by atoms with Gasteiger partial charge in [0.1, 0.15) is 0 Å². The largest absolute Gasteiger partial charge is 0.383 e. The lowest BCUT2D eigenvalue weighted by Gasteiger charge is -2.35. The van der Waals surface area contributed by atoms with E-state index in [2.05, 4.69) is 27.6 Å².